The maximum Gasteiger partial charge on any atom is 0.0426 e. The molecule has 10 heavy (non-hydrogen) atoms. The van der Waals surface area contributed by atoms with Crippen LogP contribution in [0.5, 0.6) is 0 Å². The van der Waals surface area contributed by atoms with Crippen LogP contribution >= 0.6 is 11.8 Å². The van der Waals surface area contributed by atoms with E-state index in [1.807, 2.05) is 24.9 Å². The first-order valence-electron chi connectivity index (χ1n) is 3.25. The average Bonchev–Trinajstić information content (AvgIpc) is 2.14. The fraction of sp³-hybridized carbons (Fsp3) is 0.375. The van der Waals surface area contributed by atoms with Crippen molar-refractivity contribution < 1.29 is 0 Å². The minimum absolute atomic E-state index is 0.501. The van der Waals surface area contributed by atoms with Crippen molar-refractivity contribution in [2.75, 3.05) is 6.26 Å². The summed E-state index contributed by atoms with van der Waals surface area (Å²) in [5, 5.41) is 0.501. The number of hydrogen-bond acceptors (Lipinski definition) is 2. The van der Waals surface area contributed by atoms with E-state index in [-0.39, 0.29) is 0 Å². The highest BCUT2D eigenvalue weighted by atomic mass is 32.2. The molecule has 0 aromatic rings. The number of hydrogen-bond donors (Lipinski definition) is 0. The first-order chi connectivity index (χ1) is 4.83. The standard InChI is InChI=1S/C8H11NS/c1-7-3-4-8(10-2)5-6-9-7/h3-6,8H,1-2H3. The monoisotopic (exact) mass is 153 g/mol. The van der Waals surface area contributed by atoms with E-state index in [1.165, 1.54) is 0 Å². The molecule has 0 saturated carbocycles. The second-order valence-electron chi connectivity index (χ2n) is 2.17. The maximum absolute atomic E-state index is 4.16. The smallest absolute Gasteiger partial charge is 0.0426 e. The third-order valence-corrected chi connectivity index (χ3v) is 2.21. The van der Waals surface area contributed by atoms with Crippen molar-refractivity contribution in [3.8, 4) is 0 Å². The second-order valence-corrected chi connectivity index (χ2v) is 3.19. The van der Waals surface area contributed by atoms with Crippen LogP contribution in [0, 0.1) is 0 Å². The van der Waals surface area contributed by atoms with Crippen molar-refractivity contribution in [1.82, 2.24) is 0 Å². The lowest BCUT2D eigenvalue weighted by atomic mass is 10.3. The zero-order valence-corrected chi connectivity index (χ0v) is 7.06. The van der Waals surface area contributed by atoms with E-state index >= 15 is 0 Å². The minimum atomic E-state index is 0.501. The topological polar surface area (TPSA) is 12.4 Å². The molecule has 0 amide bonds. The molecule has 1 aliphatic rings. The van der Waals surface area contributed by atoms with Crippen molar-refractivity contribution >= 4 is 17.5 Å². The van der Waals surface area contributed by atoms with E-state index in [0.717, 1.165) is 5.71 Å². The van der Waals surface area contributed by atoms with Gasteiger partial charge in [-0.15, -0.1) is 0 Å². The Morgan fingerprint density at radius 1 is 1.50 bits per heavy atom. The Bertz CT molecular complexity index is 191. The van der Waals surface area contributed by atoms with Crippen LogP contribution in [0.3, 0.4) is 0 Å². The van der Waals surface area contributed by atoms with Gasteiger partial charge < -0.3 is 0 Å². The van der Waals surface area contributed by atoms with E-state index in [4.69, 9.17) is 0 Å². The van der Waals surface area contributed by atoms with Crippen LogP contribution in [0.15, 0.2) is 29.4 Å². The molecule has 0 radical (unpaired) electrons. The van der Waals surface area contributed by atoms with E-state index in [1.54, 1.807) is 0 Å². The molecular weight excluding hydrogens is 142 g/mol. The number of nitrogens with zero attached hydrogens (tertiary/aromatic N) is 1. The fourth-order valence-corrected chi connectivity index (χ4v) is 1.21. The van der Waals surface area contributed by atoms with Gasteiger partial charge in [0, 0.05) is 17.2 Å². The largest absolute Gasteiger partial charge is 0.262 e. The summed E-state index contributed by atoms with van der Waals surface area (Å²) >= 11 is 1.81. The third-order valence-electron chi connectivity index (χ3n) is 1.35. The van der Waals surface area contributed by atoms with Crippen LogP contribution in [-0.4, -0.2) is 17.2 Å². The first-order valence-corrected chi connectivity index (χ1v) is 4.54. The van der Waals surface area contributed by atoms with Gasteiger partial charge in [-0.3, -0.25) is 4.99 Å². The van der Waals surface area contributed by atoms with Gasteiger partial charge >= 0.3 is 0 Å². The van der Waals surface area contributed by atoms with Gasteiger partial charge in [0.1, 0.15) is 0 Å². The van der Waals surface area contributed by atoms with Gasteiger partial charge in [0.2, 0.25) is 0 Å². The Hall–Kier alpha value is -0.500. The van der Waals surface area contributed by atoms with Crippen LogP contribution in [0.2, 0.25) is 0 Å². The van der Waals surface area contributed by atoms with E-state index in [0.29, 0.717) is 5.25 Å². The molecular formula is C8H11NS. The molecule has 0 bridgehead atoms. The predicted molar refractivity (Wildman–Crippen MR) is 48.7 cm³/mol. The van der Waals surface area contributed by atoms with Crippen molar-refractivity contribution in [2.24, 2.45) is 4.99 Å². The van der Waals surface area contributed by atoms with Gasteiger partial charge in [-0.05, 0) is 25.3 Å². The quantitative estimate of drug-likeness (QED) is 0.563. The molecule has 0 spiro atoms. The van der Waals surface area contributed by atoms with Gasteiger partial charge in [0.05, 0.1) is 0 Å². The highest BCUT2D eigenvalue weighted by Gasteiger charge is 1.97. The molecule has 1 atom stereocenters. The Balaban J connectivity index is 2.68. The number of rotatable bonds is 1. The highest BCUT2D eigenvalue weighted by Crippen LogP contribution is 2.11. The Kier molecular flexibility index (Phi) is 2.75. The molecule has 0 aromatic heterocycles. The Labute approximate surface area is 65.9 Å². The SMILES string of the molecule is CSC1C=CN=C(C)C=C1. The molecule has 1 rings (SSSR count). The molecule has 1 heterocycles. The number of aliphatic imine (C=N–C) groups is 1. The summed E-state index contributed by atoms with van der Waals surface area (Å²) in [6.45, 7) is 2.00. The fourth-order valence-electron chi connectivity index (χ4n) is 0.744. The molecule has 1 aliphatic heterocycles. The molecule has 54 valence electrons. The Morgan fingerprint density at radius 2 is 2.30 bits per heavy atom. The van der Waals surface area contributed by atoms with Gasteiger partial charge in [-0.25, -0.2) is 0 Å². The predicted octanol–water partition coefficient (Wildman–Crippen LogP) is 2.26. The molecule has 0 aromatic carbocycles. The van der Waals surface area contributed by atoms with Crippen LogP contribution in [0.4, 0.5) is 0 Å². The maximum atomic E-state index is 4.16. The average molecular weight is 153 g/mol. The number of thioether (sulfide) groups is 1. The highest BCUT2D eigenvalue weighted by molar-refractivity contribution is 7.99. The molecule has 0 fully saturated rings. The summed E-state index contributed by atoms with van der Waals surface area (Å²) in [5.74, 6) is 0. The van der Waals surface area contributed by atoms with E-state index in [9.17, 15) is 0 Å². The van der Waals surface area contributed by atoms with Gasteiger partial charge in [0.25, 0.3) is 0 Å². The van der Waals surface area contributed by atoms with Crippen LogP contribution in [-0.2, 0) is 0 Å². The van der Waals surface area contributed by atoms with Crippen molar-refractivity contribution in [3.05, 3.63) is 24.4 Å². The molecule has 1 unspecified atom stereocenters. The van der Waals surface area contributed by atoms with Crippen molar-refractivity contribution in [3.63, 3.8) is 0 Å². The normalized spacial score (nSPS) is 24.2. The zero-order valence-electron chi connectivity index (χ0n) is 6.24. The number of allylic oxidation sites excluding steroid dienone is 1. The Morgan fingerprint density at radius 3 is 3.00 bits per heavy atom. The van der Waals surface area contributed by atoms with Crippen LogP contribution in [0.1, 0.15) is 6.92 Å². The molecule has 0 saturated heterocycles. The van der Waals surface area contributed by atoms with Crippen molar-refractivity contribution in [1.29, 1.82) is 0 Å². The van der Waals surface area contributed by atoms with Gasteiger partial charge in [-0.2, -0.15) is 11.8 Å². The summed E-state index contributed by atoms with van der Waals surface area (Å²) in [7, 11) is 0. The van der Waals surface area contributed by atoms with E-state index < -0.39 is 0 Å². The first kappa shape index (κ1) is 7.61. The minimum Gasteiger partial charge on any atom is -0.262 e. The summed E-state index contributed by atoms with van der Waals surface area (Å²) in [6, 6.07) is 0. The van der Waals surface area contributed by atoms with Crippen LogP contribution < -0.4 is 0 Å². The molecule has 1 nitrogen and oxygen atoms in total. The lowest BCUT2D eigenvalue weighted by molar-refractivity contribution is 1.41. The van der Waals surface area contributed by atoms with Crippen LogP contribution in [0.25, 0.3) is 0 Å². The third kappa shape index (κ3) is 2.03. The lowest BCUT2D eigenvalue weighted by Crippen LogP contribution is -1.89. The lowest BCUT2D eigenvalue weighted by Gasteiger charge is -1.98. The summed E-state index contributed by atoms with van der Waals surface area (Å²) in [5.41, 5.74) is 1.08. The second kappa shape index (κ2) is 3.62. The zero-order chi connectivity index (χ0) is 7.40. The molecule has 0 N–H and O–H groups in total. The molecule has 0 aliphatic carbocycles. The van der Waals surface area contributed by atoms with Gasteiger partial charge in [0.15, 0.2) is 0 Å². The van der Waals surface area contributed by atoms with Crippen molar-refractivity contribution in [2.45, 2.75) is 12.2 Å². The van der Waals surface area contributed by atoms with E-state index in [2.05, 4.69) is 29.5 Å². The summed E-state index contributed by atoms with van der Waals surface area (Å²) in [4.78, 5) is 4.16. The van der Waals surface area contributed by atoms with Gasteiger partial charge in [-0.1, -0.05) is 6.08 Å². The summed E-state index contributed by atoms with van der Waals surface area (Å²) in [6.07, 6.45) is 10.3. The molecule has 2 heteroatoms. The summed E-state index contributed by atoms with van der Waals surface area (Å²) < 4.78 is 0.